The highest BCUT2D eigenvalue weighted by Gasteiger charge is 2.68. The van der Waals surface area contributed by atoms with Crippen LogP contribution < -0.4 is 5.73 Å². The van der Waals surface area contributed by atoms with Gasteiger partial charge in [0.1, 0.15) is 0 Å². The lowest BCUT2D eigenvalue weighted by Gasteiger charge is -2.23. The molecule has 0 radical (unpaired) electrons. The van der Waals surface area contributed by atoms with E-state index in [-0.39, 0.29) is 0 Å². The maximum Gasteiger partial charge on any atom is -0.00380 e. The van der Waals surface area contributed by atoms with Gasteiger partial charge in [-0.1, -0.05) is 46.0 Å². The molecule has 2 saturated carbocycles. The summed E-state index contributed by atoms with van der Waals surface area (Å²) in [5.74, 6) is 0.813. The molecule has 1 spiro atoms. The van der Waals surface area contributed by atoms with Gasteiger partial charge in [-0.3, -0.25) is 0 Å². The molecule has 0 aromatic carbocycles. The van der Waals surface area contributed by atoms with Crippen molar-refractivity contribution < 1.29 is 0 Å². The Morgan fingerprint density at radius 1 is 1.00 bits per heavy atom. The lowest BCUT2D eigenvalue weighted by Crippen LogP contribution is -2.13. The molecular formula is C13H25N. The number of nitrogens with two attached hydrogens (primary N) is 1. The van der Waals surface area contributed by atoms with Crippen LogP contribution in [0.4, 0.5) is 0 Å². The fourth-order valence-corrected chi connectivity index (χ4v) is 4.11. The van der Waals surface area contributed by atoms with Crippen LogP contribution in [-0.4, -0.2) is 6.54 Å². The number of hydrogen-bond donors (Lipinski definition) is 1. The van der Waals surface area contributed by atoms with E-state index in [1.54, 1.807) is 0 Å². The van der Waals surface area contributed by atoms with Gasteiger partial charge in [-0.05, 0) is 36.1 Å². The summed E-state index contributed by atoms with van der Waals surface area (Å²) in [5.41, 5.74) is 7.09. The Balaban J connectivity index is 2.07. The number of rotatable bonds is 1. The predicted octanol–water partition coefficient (Wildman–Crippen LogP) is 3.33. The van der Waals surface area contributed by atoms with Gasteiger partial charge in [0.15, 0.2) is 0 Å². The topological polar surface area (TPSA) is 26.0 Å². The second-order valence-corrected chi connectivity index (χ2v) is 5.93. The third kappa shape index (κ3) is 1.32. The molecule has 0 aromatic heterocycles. The predicted molar refractivity (Wildman–Crippen MR) is 61.1 cm³/mol. The summed E-state index contributed by atoms with van der Waals surface area (Å²) in [5, 5.41) is 0. The molecular weight excluding hydrogens is 170 g/mol. The summed E-state index contributed by atoms with van der Waals surface area (Å²) in [4.78, 5) is 0. The van der Waals surface area contributed by atoms with Crippen LogP contribution in [0, 0.1) is 16.7 Å². The van der Waals surface area contributed by atoms with E-state index in [4.69, 9.17) is 5.73 Å². The van der Waals surface area contributed by atoms with Crippen molar-refractivity contribution in [3.8, 4) is 0 Å². The lowest BCUT2D eigenvalue weighted by atomic mass is 9.82. The first kappa shape index (κ1) is 10.5. The van der Waals surface area contributed by atoms with Gasteiger partial charge in [0.25, 0.3) is 0 Å². The molecule has 1 heteroatoms. The van der Waals surface area contributed by atoms with Crippen molar-refractivity contribution in [2.75, 3.05) is 6.54 Å². The standard InChI is InChI=1S/C13H25N/c1-12(2)11(10-14)13(12)8-6-4-3-5-7-9-13/h11H,3-10,14H2,1-2H3. The summed E-state index contributed by atoms with van der Waals surface area (Å²) in [6.07, 6.45) is 10.2. The summed E-state index contributed by atoms with van der Waals surface area (Å²) in [6.45, 7) is 5.78. The Morgan fingerprint density at radius 3 is 1.93 bits per heavy atom. The molecule has 0 aliphatic heterocycles. The van der Waals surface area contributed by atoms with Crippen LogP contribution in [0.15, 0.2) is 0 Å². The molecule has 0 amide bonds. The first-order valence-corrected chi connectivity index (χ1v) is 6.35. The minimum atomic E-state index is 0.541. The highest BCUT2D eigenvalue weighted by Crippen LogP contribution is 2.73. The largest absolute Gasteiger partial charge is 0.330 e. The zero-order valence-electron chi connectivity index (χ0n) is 9.81. The molecule has 14 heavy (non-hydrogen) atoms. The van der Waals surface area contributed by atoms with Gasteiger partial charge in [0, 0.05) is 0 Å². The molecule has 0 heterocycles. The Hall–Kier alpha value is -0.0400. The Morgan fingerprint density at radius 2 is 1.50 bits per heavy atom. The van der Waals surface area contributed by atoms with Crippen LogP contribution in [-0.2, 0) is 0 Å². The fraction of sp³-hybridized carbons (Fsp3) is 1.00. The fourth-order valence-electron chi connectivity index (χ4n) is 4.11. The quantitative estimate of drug-likeness (QED) is 0.682. The SMILES string of the molecule is CC1(C)C(CN)C12CCCCCCC2. The van der Waals surface area contributed by atoms with Gasteiger partial charge in [-0.15, -0.1) is 0 Å². The number of hydrogen-bond acceptors (Lipinski definition) is 1. The Bertz CT molecular complexity index is 199. The second kappa shape index (κ2) is 3.52. The molecule has 1 unspecified atom stereocenters. The molecule has 1 nitrogen and oxygen atoms in total. The van der Waals surface area contributed by atoms with Crippen molar-refractivity contribution in [1.82, 2.24) is 0 Å². The van der Waals surface area contributed by atoms with E-state index in [2.05, 4.69) is 13.8 Å². The van der Waals surface area contributed by atoms with E-state index < -0.39 is 0 Å². The van der Waals surface area contributed by atoms with Crippen LogP contribution in [0.1, 0.15) is 58.8 Å². The maximum absolute atomic E-state index is 5.91. The molecule has 2 aliphatic rings. The molecule has 0 saturated heterocycles. The van der Waals surface area contributed by atoms with Crippen LogP contribution in [0.2, 0.25) is 0 Å². The van der Waals surface area contributed by atoms with Crippen LogP contribution >= 0.6 is 0 Å². The summed E-state index contributed by atoms with van der Waals surface area (Å²) >= 11 is 0. The molecule has 2 aliphatic carbocycles. The van der Waals surface area contributed by atoms with Gasteiger partial charge < -0.3 is 5.73 Å². The van der Waals surface area contributed by atoms with Crippen molar-refractivity contribution in [3.63, 3.8) is 0 Å². The Labute approximate surface area is 88.4 Å². The summed E-state index contributed by atoms with van der Waals surface area (Å²) in [7, 11) is 0. The van der Waals surface area contributed by atoms with E-state index in [0.717, 1.165) is 12.5 Å². The van der Waals surface area contributed by atoms with Crippen molar-refractivity contribution in [2.45, 2.75) is 58.8 Å². The average molecular weight is 195 g/mol. The minimum absolute atomic E-state index is 0.541. The summed E-state index contributed by atoms with van der Waals surface area (Å²) < 4.78 is 0. The Kier molecular flexibility index (Phi) is 2.63. The zero-order valence-corrected chi connectivity index (χ0v) is 9.81. The van der Waals surface area contributed by atoms with E-state index in [0.29, 0.717) is 10.8 Å². The smallest absolute Gasteiger partial charge is 0.00380 e. The van der Waals surface area contributed by atoms with E-state index in [9.17, 15) is 0 Å². The molecule has 82 valence electrons. The first-order valence-electron chi connectivity index (χ1n) is 6.35. The van der Waals surface area contributed by atoms with Gasteiger partial charge >= 0.3 is 0 Å². The van der Waals surface area contributed by atoms with Gasteiger partial charge in [-0.2, -0.15) is 0 Å². The van der Waals surface area contributed by atoms with Crippen molar-refractivity contribution in [3.05, 3.63) is 0 Å². The van der Waals surface area contributed by atoms with Crippen molar-refractivity contribution in [1.29, 1.82) is 0 Å². The first-order chi connectivity index (χ1) is 6.65. The zero-order chi connectivity index (χ0) is 10.2. The third-order valence-electron chi connectivity index (χ3n) is 5.22. The minimum Gasteiger partial charge on any atom is -0.330 e. The van der Waals surface area contributed by atoms with Crippen LogP contribution in [0.25, 0.3) is 0 Å². The molecule has 2 fully saturated rings. The maximum atomic E-state index is 5.91. The summed E-state index contributed by atoms with van der Waals surface area (Å²) in [6, 6.07) is 0. The highest BCUT2D eigenvalue weighted by molar-refractivity contribution is 5.17. The van der Waals surface area contributed by atoms with Gasteiger partial charge in [0.2, 0.25) is 0 Å². The van der Waals surface area contributed by atoms with Crippen LogP contribution in [0.3, 0.4) is 0 Å². The van der Waals surface area contributed by atoms with Gasteiger partial charge in [-0.25, -0.2) is 0 Å². The van der Waals surface area contributed by atoms with E-state index in [1.165, 1.54) is 44.9 Å². The van der Waals surface area contributed by atoms with Crippen molar-refractivity contribution >= 4 is 0 Å². The van der Waals surface area contributed by atoms with Gasteiger partial charge in [0.05, 0.1) is 0 Å². The molecule has 1 atom stereocenters. The lowest BCUT2D eigenvalue weighted by molar-refractivity contribution is 0.284. The molecule has 2 rings (SSSR count). The van der Waals surface area contributed by atoms with Crippen LogP contribution in [0.5, 0.6) is 0 Å². The normalized spacial score (nSPS) is 34.9. The molecule has 2 N–H and O–H groups in total. The second-order valence-electron chi connectivity index (χ2n) is 5.93. The highest BCUT2D eigenvalue weighted by atomic mass is 14.8. The van der Waals surface area contributed by atoms with E-state index >= 15 is 0 Å². The molecule has 0 bridgehead atoms. The average Bonchev–Trinajstić information content (AvgIpc) is 2.55. The van der Waals surface area contributed by atoms with E-state index in [1.807, 2.05) is 0 Å². The molecule has 0 aromatic rings. The monoisotopic (exact) mass is 195 g/mol. The van der Waals surface area contributed by atoms with Crippen molar-refractivity contribution in [2.24, 2.45) is 22.5 Å². The third-order valence-corrected chi connectivity index (χ3v) is 5.22.